The van der Waals surface area contributed by atoms with Crippen LogP contribution in [0.4, 0.5) is 0 Å². The van der Waals surface area contributed by atoms with E-state index in [9.17, 15) is 0 Å². The third-order valence-corrected chi connectivity index (χ3v) is 2.90. The van der Waals surface area contributed by atoms with E-state index >= 15 is 0 Å². The Balaban J connectivity index is 2.41. The van der Waals surface area contributed by atoms with Gasteiger partial charge in [0.25, 0.3) is 0 Å². The van der Waals surface area contributed by atoms with Crippen LogP contribution in [0.25, 0.3) is 0 Å². The molecule has 0 bridgehead atoms. The summed E-state index contributed by atoms with van der Waals surface area (Å²) in [6.45, 7) is 5.35. The summed E-state index contributed by atoms with van der Waals surface area (Å²) >= 11 is 0. The van der Waals surface area contributed by atoms with Gasteiger partial charge in [-0.25, -0.2) is 0 Å². The van der Waals surface area contributed by atoms with Gasteiger partial charge in [-0.1, -0.05) is 13.3 Å². The maximum atomic E-state index is 4.28. The van der Waals surface area contributed by atoms with Crippen LogP contribution in [0.1, 0.15) is 38.8 Å². The largest absolute Gasteiger partial charge is 0.317 e. The van der Waals surface area contributed by atoms with Crippen LogP contribution >= 0.6 is 0 Å². The van der Waals surface area contributed by atoms with Crippen molar-refractivity contribution >= 4 is 0 Å². The van der Waals surface area contributed by atoms with E-state index in [1.54, 1.807) is 0 Å². The zero-order valence-electron chi connectivity index (χ0n) is 10.2. The molecule has 1 aromatic rings. The van der Waals surface area contributed by atoms with E-state index in [0.29, 0.717) is 6.04 Å². The van der Waals surface area contributed by atoms with Crippen molar-refractivity contribution in [2.75, 3.05) is 7.05 Å². The molecule has 0 aliphatic heterocycles. The molecule has 1 N–H and O–H groups in total. The lowest BCUT2D eigenvalue weighted by Crippen LogP contribution is -2.25. The summed E-state index contributed by atoms with van der Waals surface area (Å²) in [6.07, 6.45) is 6.73. The first-order valence-corrected chi connectivity index (χ1v) is 5.99. The predicted octanol–water partition coefficient (Wildman–Crippen LogP) is 2.22. The first-order chi connectivity index (χ1) is 7.31. The topological polar surface area (TPSA) is 29.9 Å². The van der Waals surface area contributed by atoms with Gasteiger partial charge in [0, 0.05) is 24.5 Å². The Kier molecular flexibility index (Phi) is 5.40. The number of aromatic nitrogens is 2. The molecule has 0 saturated heterocycles. The zero-order chi connectivity index (χ0) is 11.1. The summed E-state index contributed by atoms with van der Waals surface area (Å²) in [6, 6.07) is 2.78. The second-order valence-electron chi connectivity index (χ2n) is 3.95. The molecule has 1 rings (SSSR count). The van der Waals surface area contributed by atoms with Crippen molar-refractivity contribution in [2.45, 2.75) is 52.1 Å². The molecule has 86 valence electrons. The minimum absolute atomic E-state index is 0.648. The number of rotatable bonds is 7. The van der Waals surface area contributed by atoms with Crippen molar-refractivity contribution in [3.63, 3.8) is 0 Å². The van der Waals surface area contributed by atoms with Gasteiger partial charge in [-0.15, -0.1) is 0 Å². The quantitative estimate of drug-likeness (QED) is 0.746. The molecule has 1 atom stereocenters. The van der Waals surface area contributed by atoms with Crippen LogP contribution in [0.15, 0.2) is 12.3 Å². The molecule has 0 amide bonds. The number of aryl methyl sites for hydroxylation is 2. The summed E-state index contributed by atoms with van der Waals surface area (Å²) in [5.41, 5.74) is 1.36. The highest BCUT2D eigenvalue weighted by Gasteiger charge is 2.07. The van der Waals surface area contributed by atoms with E-state index in [1.165, 1.54) is 25.0 Å². The summed E-state index contributed by atoms with van der Waals surface area (Å²) < 4.78 is 2.08. The van der Waals surface area contributed by atoms with Gasteiger partial charge in [0.2, 0.25) is 0 Å². The third kappa shape index (κ3) is 3.67. The second kappa shape index (κ2) is 6.62. The van der Waals surface area contributed by atoms with Gasteiger partial charge in [0.15, 0.2) is 0 Å². The van der Waals surface area contributed by atoms with Crippen molar-refractivity contribution in [2.24, 2.45) is 0 Å². The van der Waals surface area contributed by atoms with E-state index in [1.807, 2.05) is 6.20 Å². The number of hydrogen-bond acceptors (Lipinski definition) is 2. The molecule has 0 aromatic carbocycles. The molecule has 0 aliphatic rings. The molecule has 0 radical (unpaired) electrons. The van der Waals surface area contributed by atoms with Gasteiger partial charge >= 0.3 is 0 Å². The summed E-state index contributed by atoms with van der Waals surface area (Å²) in [5.74, 6) is 0. The molecule has 15 heavy (non-hydrogen) atoms. The Morgan fingerprint density at radius 2 is 2.20 bits per heavy atom. The zero-order valence-corrected chi connectivity index (χ0v) is 10.2. The average Bonchev–Trinajstić information content (AvgIpc) is 2.71. The van der Waals surface area contributed by atoms with E-state index in [0.717, 1.165) is 13.0 Å². The Morgan fingerprint density at radius 1 is 1.40 bits per heavy atom. The van der Waals surface area contributed by atoms with Crippen molar-refractivity contribution in [3.8, 4) is 0 Å². The van der Waals surface area contributed by atoms with Gasteiger partial charge in [-0.2, -0.15) is 5.10 Å². The lowest BCUT2D eigenvalue weighted by molar-refractivity contribution is 0.473. The Bertz CT molecular complexity index is 268. The molecule has 0 aliphatic carbocycles. The maximum Gasteiger partial charge on any atom is 0.0492 e. The van der Waals surface area contributed by atoms with Crippen LogP contribution in [-0.4, -0.2) is 22.9 Å². The molecular formula is C12H23N3. The summed E-state index contributed by atoms with van der Waals surface area (Å²) in [5, 5.41) is 7.65. The normalized spacial score (nSPS) is 13.0. The van der Waals surface area contributed by atoms with Crippen molar-refractivity contribution in [1.82, 2.24) is 15.1 Å². The minimum Gasteiger partial charge on any atom is -0.317 e. The molecule has 1 heterocycles. The van der Waals surface area contributed by atoms with Gasteiger partial charge < -0.3 is 5.32 Å². The van der Waals surface area contributed by atoms with Crippen LogP contribution < -0.4 is 5.32 Å². The number of nitrogens with one attached hydrogen (secondary N) is 1. The Labute approximate surface area is 92.9 Å². The van der Waals surface area contributed by atoms with Gasteiger partial charge in [0.1, 0.15) is 0 Å². The van der Waals surface area contributed by atoms with E-state index in [4.69, 9.17) is 0 Å². The molecule has 0 saturated carbocycles. The summed E-state index contributed by atoms with van der Waals surface area (Å²) in [7, 11) is 2.05. The number of hydrogen-bond donors (Lipinski definition) is 1. The lowest BCUT2D eigenvalue weighted by Gasteiger charge is -2.15. The third-order valence-electron chi connectivity index (χ3n) is 2.90. The molecule has 3 heteroatoms. The highest BCUT2D eigenvalue weighted by Crippen LogP contribution is 2.08. The van der Waals surface area contributed by atoms with Crippen LogP contribution in [0.3, 0.4) is 0 Å². The molecule has 3 nitrogen and oxygen atoms in total. The fourth-order valence-electron chi connectivity index (χ4n) is 1.96. The van der Waals surface area contributed by atoms with E-state index in [-0.39, 0.29) is 0 Å². The predicted molar refractivity (Wildman–Crippen MR) is 64.0 cm³/mol. The van der Waals surface area contributed by atoms with E-state index < -0.39 is 0 Å². The Morgan fingerprint density at radius 3 is 2.80 bits per heavy atom. The van der Waals surface area contributed by atoms with Crippen molar-refractivity contribution < 1.29 is 0 Å². The highest BCUT2D eigenvalue weighted by molar-refractivity contribution is 5.01. The molecule has 1 aromatic heterocycles. The first kappa shape index (κ1) is 12.2. The fourth-order valence-corrected chi connectivity index (χ4v) is 1.96. The smallest absolute Gasteiger partial charge is 0.0492 e. The van der Waals surface area contributed by atoms with Gasteiger partial charge in [0.05, 0.1) is 0 Å². The SMILES string of the molecule is CCCC(CCc1ccnn1CC)NC. The lowest BCUT2D eigenvalue weighted by atomic mass is 10.1. The van der Waals surface area contributed by atoms with Crippen LogP contribution in [0, 0.1) is 0 Å². The van der Waals surface area contributed by atoms with Crippen LogP contribution in [-0.2, 0) is 13.0 Å². The van der Waals surface area contributed by atoms with Crippen LogP contribution in [0.5, 0.6) is 0 Å². The first-order valence-electron chi connectivity index (χ1n) is 5.99. The van der Waals surface area contributed by atoms with Gasteiger partial charge in [-0.05, 0) is 39.3 Å². The number of nitrogens with zero attached hydrogens (tertiary/aromatic N) is 2. The summed E-state index contributed by atoms with van der Waals surface area (Å²) in [4.78, 5) is 0. The molecule has 1 unspecified atom stereocenters. The maximum absolute atomic E-state index is 4.28. The molecular weight excluding hydrogens is 186 g/mol. The van der Waals surface area contributed by atoms with Crippen LogP contribution in [0.2, 0.25) is 0 Å². The average molecular weight is 209 g/mol. The minimum atomic E-state index is 0.648. The van der Waals surface area contributed by atoms with Crippen molar-refractivity contribution in [3.05, 3.63) is 18.0 Å². The van der Waals surface area contributed by atoms with Gasteiger partial charge in [-0.3, -0.25) is 4.68 Å². The Hall–Kier alpha value is -0.830. The monoisotopic (exact) mass is 209 g/mol. The molecule has 0 spiro atoms. The van der Waals surface area contributed by atoms with Crippen molar-refractivity contribution in [1.29, 1.82) is 0 Å². The second-order valence-corrected chi connectivity index (χ2v) is 3.95. The van der Waals surface area contributed by atoms with E-state index in [2.05, 4.69) is 42.1 Å². The standard InChI is InChI=1S/C12H23N3/c1-4-6-11(13-3)7-8-12-9-10-14-15(12)5-2/h9-11,13H,4-8H2,1-3H3. The molecule has 0 fully saturated rings. The fraction of sp³-hybridized carbons (Fsp3) is 0.750. The highest BCUT2D eigenvalue weighted by atomic mass is 15.3.